The first-order valence-corrected chi connectivity index (χ1v) is 8.18. The zero-order valence-corrected chi connectivity index (χ0v) is 12.8. The van der Waals surface area contributed by atoms with Crippen molar-refractivity contribution in [2.45, 2.75) is 51.1 Å². The Kier molecular flexibility index (Phi) is 4.48. The summed E-state index contributed by atoms with van der Waals surface area (Å²) in [6, 6.07) is 5.01. The van der Waals surface area contributed by atoms with Crippen LogP contribution >= 0.6 is 0 Å². The average Bonchev–Trinajstić information content (AvgIpc) is 2.91. The van der Waals surface area contributed by atoms with Gasteiger partial charge in [0.1, 0.15) is 5.82 Å². The Bertz CT molecular complexity index is 479. The van der Waals surface area contributed by atoms with Crippen LogP contribution in [0.4, 0.5) is 11.5 Å². The Labute approximate surface area is 126 Å². The van der Waals surface area contributed by atoms with E-state index >= 15 is 0 Å². The van der Waals surface area contributed by atoms with Crippen molar-refractivity contribution in [2.75, 3.05) is 30.7 Å². The zero-order valence-electron chi connectivity index (χ0n) is 12.8. The molecule has 2 saturated heterocycles. The first-order chi connectivity index (χ1) is 10.3. The van der Waals surface area contributed by atoms with Crippen molar-refractivity contribution >= 4 is 11.5 Å². The molecule has 0 spiro atoms. The molecule has 3 rings (SSSR count). The fourth-order valence-electron chi connectivity index (χ4n) is 3.45. The van der Waals surface area contributed by atoms with Crippen LogP contribution in [0.3, 0.4) is 0 Å². The number of rotatable bonds is 5. The van der Waals surface area contributed by atoms with Crippen molar-refractivity contribution in [2.24, 2.45) is 0 Å². The molecule has 3 heterocycles. The second-order valence-corrected chi connectivity index (χ2v) is 6.08. The molecule has 1 aromatic heterocycles. The van der Waals surface area contributed by atoms with Crippen LogP contribution in [0.15, 0.2) is 12.1 Å². The first kappa shape index (κ1) is 14.4. The predicted octanol–water partition coefficient (Wildman–Crippen LogP) is 2.49. The third-order valence-corrected chi connectivity index (χ3v) is 4.52. The SMILES string of the molecule is CCCOc1nc(NC2CCN3CCCCC23)ccc1N. The van der Waals surface area contributed by atoms with Crippen molar-refractivity contribution in [3.8, 4) is 5.88 Å². The average molecular weight is 290 g/mol. The number of ether oxygens (including phenoxy) is 1. The molecule has 0 bridgehead atoms. The summed E-state index contributed by atoms with van der Waals surface area (Å²) < 4.78 is 5.61. The summed E-state index contributed by atoms with van der Waals surface area (Å²) in [5, 5.41) is 3.60. The molecule has 2 unspecified atom stereocenters. The fourth-order valence-corrected chi connectivity index (χ4v) is 3.45. The van der Waals surface area contributed by atoms with Crippen LogP contribution in [-0.4, -0.2) is 41.7 Å². The number of pyridine rings is 1. The van der Waals surface area contributed by atoms with Gasteiger partial charge in [-0.3, -0.25) is 4.90 Å². The minimum atomic E-state index is 0.500. The Morgan fingerprint density at radius 2 is 2.24 bits per heavy atom. The zero-order chi connectivity index (χ0) is 14.7. The second-order valence-electron chi connectivity index (χ2n) is 6.08. The topological polar surface area (TPSA) is 63.4 Å². The molecule has 0 aromatic carbocycles. The highest BCUT2D eigenvalue weighted by Gasteiger charge is 2.35. The minimum absolute atomic E-state index is 0.500. The largest absolute Gasteiger partial charge is 0.476 e. The number of nitrogens with zero attached hydrogens (tertiary/aromatic N) is 2. The van der Waals surface area contributed by atoms with Crippen LogP contribution in [0.1, 0.15) is 39.0 Å². The van der Waals surface area contributed by atoms with Crippen LogP contribution < -0.4 is 15.8 Å². The molecular formula is C16H26N4O. The Morgan fingerprint density at radius 3 is 3.10 bits per heavy atom. The van der Waals surface area contributed by atoms with Crippen molar-refractivity contribution in [3.05, 3.63) is 12.1 Å². The highest BCUT2D eigenvalue weighted by Crippen LogP contribution is 2.30. The van der Waals surface area contributed by atoms with Crippen LogP contribution in [0.5, 0.6) is 5.88 Å². The number of hydrogen-bond acceptors (Lipinski definition) is 5. The molecule has 21 heavy (non-hydrogen) atoms. The van der Waals surface area contributed by atoms with Crippen molar-refractivity contribution in [1.29, 1.82) is 0 Å². The molecular weight excluding hydrogens is 264 g/mol. The van der Waals surface area contributed by atoms with E-state index in [1.807, 2.05) is 12.1 Å². The summed E-state index contributed by atoms with van der Waals surface area (Å²) >= 11 is 0. The van der Waals surface area contributed by atoms with Gasteiger partial charge < -0.3 is 15.8 Å². The van der Waals surface area contributed by atoms with Crippen LogP contribution in [0.25, 0.3) is 0 Å². The van der Waals surface area contributed by atoms with E-state index in [-0.39, 0.29) is 0 Å². The Morgan fingerprint density at radius 1 is 1.33 bits per heavy atom. The number of nitrogens with one attached hydrogen (secondary N) is 1. The van der Waals surface area contributed by atoms with E-state index in [9.17, 15) is 0 Å². The summed E-state index contributed by atoms with van der Waals surface area (Å²) in [6.07, 6.45) is 6.14. The van der Waals surface area contributed by atoms with Gasteiger partial charge in [-0.05, 0) is 44.4 Å². The van der Waals surface area contributed by atoms with E-state index in [2.05, 4.69) is 22.1 Å². The maximum atomic E-state index is 5.92. The van der Waals surface area contributed by atoms with E-state index in [4.69, 9.17) is 10.5 Å². The van der Waals surface area contributed by atoms with Crippen molar-refractivity contribution in [1.82, 2.24) is 9.88 Å². The van der Waals surface area contributed by atoms with Crippen LogP contribution in [-0.2, 0) is 0 Å². The maximum Gasteiger partial charge on any atom is 0.239 e. The minimum Gasteiger partial charge on any atom is -0.476 e. The number of anilines is 2. The van der Waals surface area contributed by atoms with Gasteiger partial charge in [-0.25, -0.2) is 0 Å². The number of fused-ring (bicyclic) bond motifs is 1. The summed E-state index contributed by atoms with van der Waals surface area (Å²) in [7, 11) is 0. The number of hydrogen-bond donors (Lipinski definition) is 2. The number of nitrogens with two attached hydrogens (primary N) is 1. The summed E-state index contributed by atoms with van der Waals surface area (Å²) in [4.78, 5) is 7.15. The standard InChI is InChI=1S/C16H26N4O/c1-2-11-21-16-12(17)6-7-15(19-16)18-13-8-10-20-9-4-3-5-14(13)20/h6-7,13-14H,2-5,8-11,17H2,1H3,(H,18,19). The highest BCUT2D eigenvalue weighted by molar-refractivity contribution is 5.54. The smallest absolute Gasteiger partial charge is 0.239 e. The van der Waals surface area contributed by atoms with E-state index < -0.39 is 0 Å². The molecule has 2 atom stereocenters. The molecule has 116 valence electrons. The van der Waals surface area contributed by atoms with Gasteiger partial charge in [0.05, 0.1) is 12.3 Å². The molecule has 5 nitrogen and oxygen atoms in total. The molecule has 0 amide bonds. The summed E-state index contributed by atoms with van der Waals surface area (Å²) in [5.74, 6) is 1.44. The lowest BCUT2D eigenvalue weighted by Gasteiger charge is -2.32. The molecule has 3 N–H and O–H groups in total. The molecule has 0 radical (unpaired) electrons. The quantitative estimate of drug-likeness (QED) is 0.872. The molecule has 2 aliphatic rings. The van der Waals surface area contributed by atoms with Gasteiger partial charge in [-0.15, -0.1) is 0 Å². The van der Waals surface area contributed by atoms with Gasteiger partial charge in [0.25, 0.3) is 0 Å². The summed E-state index contributed by atoms with van der Waals surface area (Å²) in [6.45, 7) is 5.19. The lowest BCUT2D eigenvalue weighted by Crippen LogP contribution is -2.41. The molecule has 5 heteroatoms. The molecule has 0 saturated carbocycles. The van der Waals surface area contributed by atoms with Crippen LogP contribution in [0, 0.1) is 0 Å². The number of nitrogen functional groups attached to an aromatic ring is 1. The first-order valence-electron chi connectivity index (χ1n) is 8.18. The number of aromatic nitrogens is 1. The highest BCUT2D eigenvalue weighted by atomic mass is 16.5. The lowest BCUT2D eigenvalue weighted by atomic mass is 9.99. The van der Waals surface area contributed by atoms with Gasteiger partial charge in [0.15, 0.2) is 0 Å². The van der Waals surface area contributed by atoms with Gasteiger partial charge in [0.2, 0.25) is 5.88 Å². The molecule has 2 aliphatic heterocycles. The van der Waals surface area contributed by atoms with Gasteiger partial charge in [-0.1, -0.05) is 13.3 Å². The van der Waals surface area contributed by atoms with E-state index in [0.29, 0.717) is 30.3 Å². The molecule has 0 aliphatic carbocycles. The van der Waals surface area contributed by atoms with Gasteiger partial charge in [0, 0.05) is 18.6 Å². The normalized spacial score (nSPS) is 25.6. The summed E-state index contributed by atoms with van der Waals surface area (Å²) in [5.41, 5.74) is 6.53. The van der Waals surface area contributed by atoms with E-state index in [0.717, 1.165) is 12.2 Å². The monoisotopic (exact) mass is 290 g/mol. The Hall–Kier alpha value is -1.49. The Balaban J connectivity index is 1.67. The van der Waals surface area contributed by atoms with Gasteiger partial charge >= 0.3 is 0 Å². The van der Waals surface area contributed by atoms with E-state index in [1.165, 1.54) is 38.8 Å². The van der Waals surface area contributed by atoms with E-state index in [1.54, 1.807) is 0 Å². The maximum absolute atomic E-state index is 5.92. The molecule has 2 fully saturated rings. The third kappa shape index (κ3) is 3.23. The number of piperidine rings is 1. The van der Waals surface area contributed by atoms with Gasteiger partial charge in [-0.2, -0.15) is 4.98 Å². The molecule has 1 aromatic rings. The van der Waals surface area contributed by atoms with Crippen molar-refractivity contribution in [3.63, 3.8) is 0 Å². The van der Waals surface area contributed by atoms with Crippen molar-refractivity contribution < 1.29 is 4.74 Å². The second kappa shape index (κ2) is 6.52. The predicted molar refractivity (Wildman–Crippen MR) is 85.7 cm³/mol. The lowest BCUT2D eigenvalue weighted by molar-refractivity contribution is 0.192. The van der Waals surface area contributed by atoms with Crippen LogP contribution in [0.2, 0.25) is 0 Å². The fraction of sp³-hybridized carbons (Fsp3) is 0.688. The third-order valence-electron chi connectivity index (χ3n) is 4.52.